The van der Waals surface area contributed by atoms with Crippen molar-refractivity contribution in [2.75, 3.05) is 20.3 Å². The van der Waals surface area contributed by atoms with Crippen LogP contribution in [0.2, 0.25) is 5.02 Å². The Balaban J connectivity index is 1.67. The molecule has 33 heavy (non-hydrogen) atoms. The van der Waals surface area contributed by atoms with Gasteiger partial charge in [-0.1, -0.05) is 35.9 Å². The Labute approximate surface area is 194 Å². The molecular weight excluding hydrogens is 450 g/mol. The molecule has 0 aliphatic carbocycles. The van der Waals surface area contributed by atoms with Crippen molar-refractivity contribution in [3.05, 3.63) is 82.9 Å². The molecule has 0 radical (unpaired) electrons. The lowest BCUT2D eigenvalue weighted by Gasteiger charge is -2.36. The second-order valence-corrected chi connectivity index (χ2v) is 7.49. The number of carbonyl (C=O) groups excluding carboxylic acids is 2. The van der Waals surface area contributed by atoms with Crippen molar-refractivity contribution < 1.29 is 28.6 Å². The summed E-state index contributed by atoms with van der Waals surface area (Å²) < 4.78 is 15.6. The highest BCUT2D eigenvalue weighted by Gasteiger charge is 2.34. The first-order valence-corrected chi connectivity index (χ1v) is 10.4. The maximum atomic E-state index is 12.5. The Kier molecular flexibility index (Phi) is 7.01. The van der Waals surface area contributed by atoms with E-state index in [0.29, 0.717) is 29.3 Å². The highest BCUT2D eigenvalue weighted by atomic mass is 35.5. The largest absolute Gasteiger partial charge is 0.533 e. The third kappa shape index (κ3) is 5.39. The molecule has 2 heterocycles. The lowest BCUT2D eigenvalue weighted by molar-refractivity contribution is -0.143. The number of hydroxylamine groups is 2. The van der Waals surface area contributed by atoms with Gasteiger partial charge >= 0.3 is 12.1 Å². The molecule has 1 aliphatic rings. The standard InChI is InChI=1S/C23H20ClN3O6/c1-30-21(28)13-31-20-7-6-16(24)10-19(20)22-18-5-3-2-4-15(18)8-9-27(22)33-23(29)32-17-11-25-14-26-12-17/h2-7,10-12,14,22H,8-9,13H2,1H3/t22-/m0/s1. The molecule has 1 atom stereocenters. The van der Waals surface area contributed by atoms with Gasteiger partial charge in [0.05, 0.1) is 25.5 Å². The number of hydrogen-bond acceptors (Lipinski definition) is 9. The van der Waals surface area contributed by atoms with E-state index in [-0.39, 0.29) is 12.4 Å². The second kappa shape index (κ2) is 10.3. The molecule has 4 rings (SSSR count). The van der Waals surface area contributed by atoms with Gasteiger partial charge in [-0.15, -0.1) is 5.06 Å². The van der Waals surface area contributed by atoms with Crippen LogP contribution in [0.25, 0.3) is 0 Å². The van der Waals surface area contributed by atoms with Crippen LogP contribution in [0.1, 0.15) is 22.7 Å². The second-order valence-electron chi connectivity index (χ2n) is 7.06. The smallest absolute Gasteiger partial charge is 0.482 e. The third-order valence-electron chi connectivity index (χ3n) is 5.01. The number of fused-ring (bicyclic) bond motifs is 1. The molecule has 10 heteroatoms. The van der Waals surface area contributed by atoms with E-state index in [1.54, 1.807) is 18.2 Å². The molecule has 1 aromatic heterocycles. The molecule has 3 aromatic rings. The molecule has 0 N–H and O–H groups in total. The summed E-state index contributed by atoms with van der Waals surface area (Å²) in [5, 5.41) is 1.97. The Bertz CT molecular complexity index is 1140. The molecule has 0 fully saturated rings. The fourth-order valence-electron chi connectivity index (χ4n) is 3.57. The van der Waals surface area contributed by atoms with Crippen LogP contribution >= 0.6 is 11.6 Å². The van der Waals surface area contributed by atoms with Gasteiger partial charge in [0.15, 0.2) is 12.4 Å². The van der Waals surface area contributed by atoms with Crippen LogP contribution in [0.4, 0.5) is 4.79 Å². The quantitative estimate of drug-likeness (QED) is 0.499. The van der Waals surface area contributed by atoms with E-state index < -0.39 is 18.2 Å². The number of methoxy groups -OCH3 is 1. The first-order valence-electron chi connectivity index (χ1n) is 10.0. The van der Waals surface area contributed by atoms with E-state index in [4.69, 9.17) is 25.9 Å². The van der Waals surface area contributed by atoms with Gasteiger partial charge in [-0.25, -0.2) is 19.6 Å². The van der Waals surface area contributed by atoms with Gasteiger partial charge in [0.1, 0.15) is 12.1 Å². The zero-order valence-electron chi connectivity index (χ0n) is 17.6. The Morgan fingerprint density at radius 2 is 1.91 bits per heavy atom. The van der Waals surface area contributed by atoms with Crippen molar-refractivity contribution in [2.24, 2.45) is 0 Å². The summed E-state index contributed by atoms with van der Waals surface area (Å²) in [5.41, 5.74) is 2.62. The average Bonchev–Trinajstić information content (AvgIpc) is 2.83. The maximum Gasteiger partial charge on any atom is 0.533 e. The number of benzene rings is 2. The molecule has 0 amide bonds. The van der Waals surface area contributed by atoms with Crippen molar-refractivity contribution in [3.8, 4) is 11.5 Å². The van der Waals surface area contributed by atoms with Gasteiger partial charge in [-0.2, -0.15) is 0 Å². The molecule has 0 saturated carbocycles. The monoisotopic (exact) mass is 469 g/mol. The lowest BCUT2D eigenvalue weighted by Crippen LogP contribution is -2.38. The molecule has 0 unspecified atom stereocenters. The van der Waals surface area contributed by atoms with E-state index in [2.05, 4.69) is 14.7 Å². The first kappa shape index (κ1) is 22.5. The molecule has 1 aliphatic heterocycles. The Morgan fingerprint density at radius 1 is 1.12 bits per heavy atom. The van der Waals surface area contributed by atoms with Gasteiger partial charge in [0, 0.05) is 17.1 Å². The number of aromatic nitrogens is 2. The lowest BCUT2D eigenvalue weighted by atomic mass is 9.89. The van der Waals surface area contributed by atoms with Gasteiger partial charge in [-0.05, 0) is 35.7 Å². The molecule has 2 aromatic carbocycles. The zero-order chi connectivity index (χ0) is 23.2. The fourth-order valence-corrected chi connectivity index (χ4v) is 3.75. The molecule has 0 spiro atoms. The maximum absolute atomic E-state index is 12.5. The number of rotatable bonds is 6. The minimum Gasteiger partial charge on any atom is -0.482 e. The van der Waals surface area contributed by atoms with Crippen LogP contribution in [0.15, 0.2) is 61.2 Å². The van der Waals surface area contributed by atoms with Crippen LogP contribution in [0, 0.1) is 0 Å². The van der Waals surface area contributed by atoms with E-state index in [1.165, 1.54) is 30.9 Å². The summed E-state index contributed by atoms with van der Waals surface area (Å²) in [6.07, 6.45) is 3.74. The molecule has 0 saturated heterocycles. The van der Waals surface area contributed by atoms with Crippen molar-refractivity contribution in [1.29, 1.82) is 0 Å². The normalized spacial score (nSPS) is 15.3. The highest BCUT2D eigenvalue weighted by Crippen LogP contribution is 2.40. The summed E-state index contributed by atoms with van der Waals surface area (Å²) in [6, 6.07) is 12.3. The summed E-state index contributed by atoms with van der Waals surface area (Å²) in [6.45, 7) is 0.113. The number of ether oxygens (including phenoxy) is 3. The zero-order valence-corrected chi connectivity index (χ0v) is 18.4. The number of esters is 1. The Morgan fingerprint density at radius 3 is 2.70 bits per heavy atom. The SMILES string of the molecule is COC(=O)COc1ccc(Cl)cc1[C@@H]1c2ccccc2CCN1OC(=O)Oc1cncnc1. The van der Waals surface area contributed by atoms with Crippen LogP contribution in [0.5, 0.6) is 11.5 Å². The molecule has 0 bridgehead atoms. The van der Waals surface area contributed by atoms with Gasteiger partial charge in [0.25, 0.3) is 0 Å². The number of hydrogen-bond donors (Lipinski definition) is 0. The summed E-state index contributed by atoms with van der Waals surface area (Å²) >= 11 is 6.30. The molecule has 170 valence electrons. The van der Waals surface area contributed by atoms with Crippen LogP contribution < -0.4 is 9.47 Å². The van der Waals surface area contributed by atoms with Crippen LogP contribution in [-0.2, 0) is 20.8 Å². The van der Waals surface area contributed by atoms with Crippen molar-refractivity contribution in [1.82, 2.24) is 15.0 Å². The summed E-state index contributed by atoms with van der Waals surface area (Å²) in [5.74, 6) is 0.0351. The molecule has 9 nitrogen and oxygen atoms in total. The predicted octanol–water partition coefficient (Wildman–Crippen LogP) is 3.76. The van der Waals surface area contributed by atoms with Crippen LogP contribution in [-0.4, -0.2) is 47.4 Å². The van der Waals surface area contributed by atoms with Gasteiger partial charge < -0.3 is 19.0 Å². The summed E-state index contributed by atoms with van der Waals surface area (Å²) in [7, 11) is 1.28. The highest BCUT2D eigenvalue weighted by molar-refractivity contribution is 6.30. The molecular formula is C23H20ClN3O6. The van der Waals surface area contributed by atoms with E-state index in [0.717, 1.165) is 11.1 Å². The number of nitrogens with zero attached hydrogens (tertiary/aromatic N) is 3. The van der Waals surface area contributed by atoms with Crippen LogP contribution in [0.3, 0.4) is 0 Å². The van der Waals surface area contributed by atoms with E-state index >= 15 is 0 Å². The minimum atomic E-state index is -0.937. The Hall–Kier alpha value is -3.69. The minimum absolute atomic E-state index is 0.154. The van der Waals surface area contributed by atoms with Crippen molar-refractivity contribution in [2.45, 2.75) is 12.5 Å². The first-order chi connectivity index (χ1) is 16.0. The topological polar surface area (TPSA) is 100 Å². The predicted molar refractivity (Wildman–Crippen MR) is 117 cm³/mol. The summed E-state index contributed by atoms with van der Waals surface area (Å²) in [4.78, 5) is 37.4. The van der Waals surface area contributed by atoms with Crippen molar-refractivity contribution >= 4 is 23.7 Å². The van der Waals surface area contributed by atoms with Gasteiger partial charge in [0.2, 0.25) is 0 Å². The van der Waals surface area contributed by atoms with E-state index in [9.17, 15) is 9.59 Å². The van der Waals surface area contributed by atoms with Crippen molar-refractivity contribution in [3.63, 3.8) is 0 Å². The number of halogens is 1. The third-order valence-corrected chi connectivity index (χ3v) is 5.24. The van der Waals surface area contributed by atoms with Gasteiger partial charge in [-0.3, -0.25) is 0 Å². The average molecular weight is 470 g/mol. The number of carbonyl (C=O) groups is 2. The van der Waals surface area contributed by atoms with E-state index in [1.807, 2.05) is 24.3 Å². The fraction of sp³-hybridized carbons (Fsp3) is 0.217.